The van der Waals surface area contributed by atoms with Gasteiger partial charge in [-0.3, -0.25) is 4.79 Å². The molecule has 1 aliphatic rings. The summed E-state index contributed by atoms with van der Waals surface area (Å²) in [6.07, 6.45) is 4.77. The van der Waals surface area contributed by atoms with Gasteiger partial charge in [0.05, 0.1) is 0 Å². The summed E-state index contributed by atoms with van der Waals surface area (Å²) in [5.74, 6) is -0.162. The van der Waals surface area contributed by atoms with Crippen LogP contribution in [0.1, 0.15) is 37.8 Å². The third-order valence-corrected chi connectivity index (χ3v) is 3.77. The lowest BCUT2D eigenvalue weighted by molar-refractivity contribution is -0.127. The molecular weight excluding hydrogens is 262 g/mol. The highest BCUT2D eigenvalue weighted by atomic mass is 16.2. The van der Waals surface area contributed by atoms with Crippen LogP contribution in [0.3, 0.4) is 0 Å². The van der Waals surface area contributed by atoms with Crippen molar-refractivity contribution < 1.29 is 4.79 Å². The van der Waals surface area contributed by atoms with Gasteiger partial charge in [0.15, 0.2) is 0 Å². The fourth-order valence-electron chi connectivity index (χ4n) is 2.46. The molecule has 0 bridgehead atoms. The summed E-state index contributed by atoms with van der Waals surface area (Å²) in [6.45, 7) is 3.52. The van der Waals surface area contributed by atoms with Gasteiger partial charge in [0, 0.05) is 25.3 Å². The number of amides is 1. The van der Waals surface area contributed by atoms with Crippen LogP contribution >= 0.6 is 0 Å². The van der Waals surface area contributed by atoms with Crippen LogP contribution in [0, 0.1) is 11.3 Å². The summed E-state index contributed by atoms with van der Waals surface area (Å²) < 4.78 is 0. The molecule has 1 unspecified atom stereocenters. The lowest BCUT2D eigenvalue weighted by Crippen LogP contribution is -2.36. The van der Waals surface area contributed by atoms with E-state index in [1.54, 1.807) is 11.1 Å². The lowest BCUT2D eigenvalue weighted by Gasteiger charge is -2.26. The Labute approximate surface area is 126 Å². The van der Waals surface area contributed by atoms with Gasteiger partial charge in [0.25, 0.3) is 5.91 Å². The largest absolute Gasteiger partial charge is 0.383 e. The first-order chi connectivity index (χ1) is 10.2. The van der Waals surface area contributed by atoms with E-state index in [0.717, 1.165) is 31.5 Å². The van der Waals surface area contributed by atoms with E-state index >= 15 is 0 Å². The minimum atomic E-state index is -0.162. The van der Waals surface area contributed by atoms with Crippen molar-refractivity contribution in [3.63, 3.8) is 0 Å². The SMILES string of the molecule is CC(N/C=C(/C#N)C(=O)N1CCCCC1)c1ccccc1. The molecule has 1 fully saturated rings. The van der Waals surface area contributed by atoms with E-state index in [1.165, 1.54) is 6.42 Å². The van der Waals surface area contributed by atoms with Gasteiger partial charge in [0.1, 0.15) is 11.6 Å². The standard InChI is InChI=1S/C17H21N3O/c1-14(15-8-4-2-5-9-15)19-13-16(12-18)17(21)20-10-6-3-7-11-20/h2,4-5,8-9,13-14,19H,3,6-7,10-11H2,1H3/b16-13-. The fraction of sp³-hybridized carbons (Fsp3) is 0.412. The van der Waals surface area contributed by atoms with Crippen LogP contribution in [-0.4, -0.2) is 23.9 Å². The third kappa shape index (κ3) is 4.09. The Morgan fingerprint density at radius 3 is 2.57 bits per heavy atom. The summed E-state index contributed by atoms with van der Waals surface area (Å²) >= 11 is 0. The number of nitrogens with one attached hydrogen (secondary N) is 1. The number of carbonyl (C=O) groups is 1. The molecule has 4 nitrogen and oxygen atoms in total. The van der Waals surface area contributed by atoms with E-state index < -0.39 is 0 Å². The van der Waals surface area contributed by atoms with Gasteiger partial charge >= 0.3 is 0 Å². The van der Waals surface area contributed by atoms with Crippen LogP contribution in [0.2, 0.25) is 0 Å². The maximum Gasteiger partial charge on any atom is 0.265 e. The Bertz CT molecular complexity index is 539. The molecule has 0 radical (unpaired) electrons. The number of hydrogen-bond acceptors (Lipinski definition) is 3. The van der Waals surface area contributed by atoms with Crippen molar-refractivity contribution in [2.24, 2.45) is 0 Å². The summed E-state index contributed by atoms with van der Waals surface area (Å²) in [5.41, 5.74) is 1.30. The number of carbonyl (C=O) groups excluding carboxylic acids is 1. The fourth-order valence-corrected chi connectivity index (χ4v) is 2.46. The predicted octanol–water partition coefficient (Wildman–Crippen LogP) is 2.76. The van der Waals surface area contributed by atoms with Crippen LogP contribution in [0.4, 0.5) is 0 Å². The molecule has 1 N–H and O–H groups in total. The molecule has 0 spiro atoms. The minimum Gasteiger partial charge on any atom is -0.383 e. The lowest BCUT2D eigenvalue weighted by atomic mass is 10.1. The van der Waals surface area contributed by atoms with E-state index in [4.69, 9.17) is 0 Å². The molecule has 2 rings (SSSR count). The number of benzene rings is 1. The first-order valence-corrected chi connectivity index (χ1v) is 7.43. The van der Waals surface area contributed by atoms with Crippen molar-refractivity contribution in [1.29, 1.82) is 5.26 Å². The molecule has 0 aromatic heterocycles. The van der Waals surface area contributed by atoms with Gasteiger partial charge < -0.3 is 10.2 Å². The molecule has 1 aromatic carbocycles. The molecule has 0 saturated carbocycles. The van der Waals surface area contributed by atoms with Crippen molar-refractivity contribution in [2.75, 3.05) is 13.1 Å². The molecule has 4 heteroatoms. The maximum absolute atomic E-state index is 12.3. The zero-order chi connectivity index (χ0) is 15.1. The molecule has 1 heterocycles. The van der Waals surface area contributed by atoms with Gasteiger partial charge in [-0.15, -0.1) is 0 Å². The summed E-state index contributed by atoms with van der Waals surface area (Å²) in [4.78, 5) is 14.0. The Morgan fingerprint density at radius 1 is 1.29 bits per heavy atom. The Balaban J connectivity index is 2.00. The normalized spacial score (nSPS) is 17.0. The average Bonchev–Trinajstić information content (AvgIpc) is 2.56. The van der Waals surface area contributed by atoms with Gasteiger partial charge in [-0.25, -0.2) is 0 Å². The number of hydrogen-bond donors (Lipinski definition) is 1. The summed E-state index contributed by atoms with van der Waals surface area (Å²) in [5, 5.41) is 12.3. The predicted molar refractivity (Wildman–Crippen MR) is 82.1 cm³/mol. The second-order valence-electron chi connectivity index (χ2n) is 5.32. The van der Waals surface area contributed by atoms with Crippen LogP contribution in [0.15, 0.2) is 42.1 Å². The number of nitriles is 1. The number of rotatable bonds is 4. The highest BCUT2D eigenvalue weighted by Gasteiger charge is 2.20. The molecule has 1 amide bonds. The van der Waals surface area contributed by atoms with Crippen molar-refractivity contribution in [3.8, 4) is 6.07 Å². The number of nitrogens with zero attached hydrogens (tertiary/aromatic N) is 2. The van der Waals surface area contributed by atoms with Gasteiger partial charge in [0.2, 0.25) is 0 Å². The highest BCUT2D eigenvalue weighted by molar-refractivity contribution is 5.97. The van der Waals surface area contributed by atoms with Gasteiger partial charge in [-0.05, 0) is 31.7 Å². The third-order valence-electron chi connectivity index (χ3n) is 3.77. The van der Waals surface area contributed by atoms with Gasteiger partial charge in [-0.1, -0.05) is 30.3 Å². The molecule has 1 atom stereocenters. The van der Waals surface area contributed by atoms with E-state index in [9.17, 15) is 10.1 Å². The molecule has 110 valence electrons. The van der Waals surface area contributed by atoms with Crippen LogP contribution in [0.25, 0.3) is 0 Å². The highest BCUT2D eigenvalue weighted by Crippen LogP contribution is 2.14. The van der Waals surface area contributed by atoms with E-state index in [0.29, 0.717) is 0 Å². The van der Waals surface area contributed by atoms with E-state index in [2.05, 4.69) is 5.32 Å². The zero-order valence-corrected chi connectivity index (χ0v) is 12.4. The average molecular weight is 283 g/mol. The maximum atomic E-state index is 12.3. The quantitative estimate of drug-likeness (QED) is 0.683. The molecule has 1 saturated heterocycles. The van der Waals surface area contributed by atoms with Crippen molar-refractivity contribution in [3.05, 3.63) is 47.7 Å². The summed E-state index contributed by atoms with van der Waals surface area (Å²) in [7, 11) is 0. The number of likely N-dealkylation sites (tertiary alicyclic amines) is 1. The topological polar surface area (TPSA) is 56.1 Å². The first kappa shape index (κ1) is 15.1. The smallest absolute Gasteiger partial charge is 0.265 e. The van der Waals surface area contributed by atoms with Crippen LogP contribution in [-0.2, 0) is 4.79 Å². The molecule has 1 aromatic rings. The van der Waals surface area contributed by atoms with Crippen LogP contribution in [0.5, 0.6) is 0 Å². The van der Waals surface area contributed by atoms with Crippen molar-refractivity contribution in [2.45, 2.75) is 32.2 Å². The first-order valence-electron chi connectivity index (χ1n) is 7.43. The molecule has 21 heavy (non-hydrogen) atoms. The van der Waals surface area contributed by atoms with Crippen molar-refractivity contribution >= 4 is 5.91 Å². The minimum absolute atomic E-state index is 0.0590. The Hall–Kier alpha value is -2.28. The van der Waals surface area contributed by atoms with Gasteiger partial charge in [-0.2, -0.15) is 5.26 Å². The molecule has 0 aliphatic carbocycles. The zero-order valence-electron chi connectivity index (χ0n) is 12.4. The second-order valence-corrected chi connectivity index (χ2v) is 5.32. The van der Waals surface area contributed by atoms with E-state index in [1.807, 2.05) is 43.3 Å². The second kappa shape index (κ2) is 7.49. The molecular formula is C17H21N3O. The summed E-state index contributed by atoms with van der Waals surface area (Å²) in [6, 6.07) is 12.0. The van der Waals surface area contributed by atoms with E-state index in [-0.39, 0.29) is 17.5 Å². The van der Waals surface area contributed by atoms with Crippen molar-refractivity contribution in [1.82, 2.24) is 10.2 Å². The Kier molecular flexibility index (Phi) is 5.39. The number of piperidine rings is 1. The monoisotopic (exact) mass is 283 g/mol. The Morgan fingerprint density at radius 2 is 1.95 bits per heavy atom. The molecule has 1 aliphatic heterocycles. The van der Waals surface area contributed by atoms with Crippen LogP contribution < -0.4 is 5.32 Å².